The van der Waals surface area contributed by atoms with Gasteiger partial charge < -0.3 is 15.1 Å². The van der Waals surface area contributed by atoms with Gasteiger partial charge in [-0.3, -0.25) is 4.79 Å². The standard InChI is InChI=1S/C11H23NO3/c1-5-12(8-11(3,4)15)10(14)7-6-9(2)13/h9,13,15H,5-8H2,1-4H3. The maximum absolute atomic E-state index is 11.7. The lowest BCUT2D eigenvalue weighted by Crippen LogP contribution is -2.42. The quantitative estimate of drug-likeness (QED) is 0.690. The maximum Gasteiger partial charge on any atom is 0.222 e. The largest absolute Gasteiger partial charge is 0.393 e. The van der Waals surface area contributed by atoms with Gasteiger partial charge in [-0.25, -0.2) is 0 Å². The third-order valence-electron chi connectivity index (χ3n) is 2.09. The molecule has 1 amide bonds. The molecule has 1 atom stereocenters. The van der Waals surface area contributed by atoms with Gasteiger partial charge in [-0.2, -0.15) is 0 Å². The summed E-state index contributed by atoms with van der Waals surface area (Å²) in [6, 6.07) is 0. The highest BCUT2D eigenvalue weighted by Gasteiger charge is 2.20. The van der Waals surface area contributed by atoms with Crippen LogP contribution in [0.3, 0.4) is 0 Å². The van der Waals surface area contributed by atoms with Crippen molar-refractivity contribution in [1.29, 1.82) is 0 Å². The lowest BCUT2D eigenvalue weighted by Gasteiger charge is -2.28. The number of amides is 1. The van der Waals surface area contributed by atoms with E-state index in [0.717, 1.165) is 0 Å². The van der Waals surface area contributed by atoms with Crippen LogP contribution < -0.4 is 0 Å². The van der Waals surface area contributed by atoms with Gasteiger partial charge >= 0.3 is 0 Å². The molecule has 0 saturated heterocycles. The molecule has 0 aromatic rings. The zero-order valence-corrected chi connectivity index (χ0v) is 10.2. The van der Waals surface area contributed by atoms with Crippen LogP contribution in [0, 0.1) is 0 Å². The van der Waals surface area contributed by atoms with Crippen LogP contribution in [-0.4, -0.2) is 45.8 Å². The summed E-state index contributed by atoms with van der Waals surface area (Å²) in [5.74, 6) is -0.0134. The van der Waals surface area contributed by atoms with Crippen molar-refractivity contribution < 1.29 is 15.0 Å². The molecule has 15 heavy (non-hydrogen) atoms. The molecule has 4 nitrogen and oxygen atoms in total. The number of nitrogens with zero attached hydrogens (tertiary/aromatic N) is 1. The molecule has 0 radical (unpaired) electrons. The van der Waals surface area contributed by atoms with Crippen molar-refractivity contribution in [2.75, 3.05) is 13.1 Å². The first-order valence-corrected chi connectivity index (χ1v) is 5.44. The predicted octanol–water partition coefficient (Wildman–Crippen LogP) is 0.767. The van der Waals surface area contributed by atoms with Crippen molar-refractivity contribution in [3.8, 4) is 0 Å². The molecule has 0 rings (SSSR count). The Labute approximate surface area is 91.9 Å². The Bertz CT molecular complexity index is 196. The second kappa shape index (κ2) is 6.08. The summed E-state index contributed by atoms with van der Waals surface area (Å²) >= 11 is 0. The number of hydrogen-bond donors (Lipinski definition) is 2. The molecule has 0 aliphatic heterocycles. The van der Waals surface area contributed by atoms with Crippen molar-refractivity contribution in [1.82, 2.24) is 4.90 Å². The smallest absolute Gasteiger partial charge is 0.222 e. The highest BCUT2D eigenvalue weighted by molar-refractivity contribution is 5.76. The number of rotatable bonds is 6. The van der Waals surface area contributed by atoms with Gasteiger partial charge in [0.05, 0.1) is 11.7 Å². The summed E-state index contributed by atoms with van der Waals surface area (Å²) in [5.41, 5.74) is -0.865. The highest BCUT2D eigenvalue weighted by atomic mass is 16.3. The molecule has 1 unspecified atom stereocenters. The van der Waals surface area contributed by atoms with E-state index in [1.165, 1.54) is 0 Å². The molecular weight excluding hydrogens is 194 g/mol. The average molecular weight is 217 g/mol. The van der Waals surface area contributed by atoms with Gasteiger partial charge in [0.2, 0.25) is 5.91 Å². The lowest BCUT2D eigenvalue weighted by atomic mass is 10.1. The van der Waals surface area contributed by atoms with Crippen LogP contribution in [0.15, 0.2) is 0 Å². The third kappa shape index (κ3) is 7.33. The number of aliphatic hydroxyl groups excluding tert-OH is 1. The summed E-state index contributed by atoms with van der Waals surface area (Å²) in [7, 11) is 0. The minimum absolute atomic E-state index is 0.0134. The van der Waals surface area contributed by atoms with Crippen molar-refractivity contribution in [3.63, 3.8) is 0 Å². The molecule has 0 fully saturated rings. The van der Waals surface area contributed by atoms with E-state index in [-0.39, 0.29) is 5.91 Å². The van der Waals surface area contributed by atoms with E-state index in [2.05, 4.69) is 0 Å². The van der Waals surface area contributed by atoms with Gasteiger partial charge in [-0.15, -0.1) is 0 Å². The molecule has 0 aromatic heterocycles. The second-order valence-corrected chi connectivity index (χ2v) is 4.61. The van der Waals surface area contributed by atoms with Gasteiger partial charge in [0.25, 0.3) is 0 Å². The summed E-state index contributed by atoms with van der Waals surface area (Å²) in [6.45, 7) is 7.82. The van der Waals surface area contributed by atoms with Crippen LogP contribution in [0.4, 0.5) is 0 Å². The second-order valence-electron chi connectivity index (χ2n) is 4.61. The third-order valence-corrected chi connectivity index (χ3v) is 2.09. The van der Waals surface area contributed by atoms with Crippen LogP contribution in [0.5, 0.6) is 0 Å². The number of aliphatic hydroxyl groups is 2. The van der Waals surface area contributed by atoms with E-state index >= 15 is 0 Å². The number of carbonyl (C=O) groups excluding carboxylic acids is 1. The molecule has 0 spiro atoms. The Balaban J connectivity index is 4.11. The Kier molecular flexibility index (Phi) is 5.83. The first-order chi connectivity index (χ1) is 6.76. The van der Waals surface area contributed by atoms with Gasteiger partial charge in [0.1, 0.15) is 0 Å². The van der Waals surface area contributed by atoms with E-state index in [1.807, 2.05) is 6.92 Å². The Morgan fingerprint density at radius 3 is 2.33 bits per heavy atom. The normalized spacial score (nSPS) is 13.7. The van der Waals surface area contributed by atoms with Crippen LogP contribution in [0.25, 0.3) is 0 Å². The molecule has 90 valence electrons. The molecule has 0 aromatic carbocycles. The number of hydrogen-bond acceptors (Lipinski definition) is 3. The van der Waals surface area contributed by atoms with E-state index in [1.54, 1.807) is 25.7 Å². The molecule has 0 aliphatic rings. The Morgan fingerprint density at radius 2 is 2.00 bits per heavy atom. The van der Waals surface area contributed by atoms with Gasteiger partial charge in [-0.1, -0.05) is 0 Å². The van der Waals surface area contributed by atoms with E-state index < -0.39 is 11.7 Å². The van der Waals surface area contributed by atoms with E-state index in [4.69, 9.17) is 5.11 Å². The van der Waals surface area contributed by atoms with Crippen molar-refractivity contribution >= 4 is 5.91 Å². The van der Waals surface area contributed by atoms with E-state index in [0.29, 0.717) is 25.9 Å². The molecular formula is C11H23NO3. The summed E-state index contributed by atoms with van der Waals surface area (Å²) in [6.07, 6.45) is 0.359. The molecule has 0 heterocycles. The van der Waals surface area contributed by atoms with Crippen molar-refractivity contribution in [3.05, 3.63) is 0 Å². The topological polar surface area (TPSA) is 60.8 Å². The van der Waals surface area contributed by atoms with Crippen LogP contribution in [-0.2, 0) is 4.79 Å². The van der Waals surface area contributed by atoms with E-state index in [9.17, 15) is 9.90 Å². The zero-order valence-electron chi connectivity index (χ0n) is 10.2. The summed E-state index contributed by atoms with van der Waals surface area (Å²) in [5, 5.41) is 18.7. The lowest BCUT2D eigenvalue weighted by molar-refractivity contribution is -0.134. The van der Waals surface area contributed by atoms with Gasteiger partial charge in [-0.05, 0) is 34.1 Å². The first kappa shape index (κ1) is 14.4. The Hall–Kier alpha value is -0.610. The summed E-state index contributed by atoms with van der Waals surface area (Å²) < 4.78 is 0. The number of carbonyl (C=O) groups is 1. The molecule has 0 bridgehead atoms. The molecule has 0 saturated carbocycles. The number of likely N-dealkylation sites (N-methyl/N-ethyl adjacent to an activating group) is 1. The minimum Gasteiger partial charge on any atom is -0.393 e. The zero-order chi connectivity index (χ0) is 12.1. The maximum atomic E-state index is 11.7. The molecule has 0 aliphatic carbocycles. The van der Waals surface area contributed by atoms with Crippen molar-refractivity contribution in [2.24, 2.45) is 0 Å². The SMILES string of the molecule is CCN(CC(C)(C)O)C(=O)CCC(C)O. The van der Waals surface area contributed by atoms with Crippen LogP contribution in [0.1, 0.15) is 40.5 Å². The fourth-order valence-electron chi connectivity index (χ4n) is 1.33. The Morgan fingerprint density at radius 1 is 1.47 bits per heavy atom. The predicted molar refractivity (Wildman–Crippen MR) is 59.5 cm³/mol. The van der Waals surface area contributed by atoms with Gasteiger partial charge in [0.15, 0.2) is 0 Å². The monoisotopic (exact) mass is 217 g/mol. The fourth-order valence-corrected chi connectivity index (χ4v) is 1.33. The highest BCUT2D eigenvalue weighted by Crippen LogP contribution is 2.08. The summed E-state index contributed by atoms with van der Waals surface area (Å²) in [4.78, 5) is 13.3. The van der Waals surface area contributed by atoms with Crippen LogP contribution >= 0.6 is 0 Å². The fraction of sp³-hybridized carbons (Fsp3) is 0.909. The van der Waals surface area contributed by atoms with Crippen molar-refractivity contribution in [2.45, 2.75) is 52.2 Å². The van der Waals surface area contributed by atoms with Gasteiger partial charge in [0, 0.05) is 19.5 Å². The minimum atomic E-state index is -0.865. The molecule has 4 heteroatoms. The average Bonchev–Trinajstić information content (AvgIpc) is 2.08. The van der Waals surface area contributed by atoms with Crippen LogP contribution in [0.2, 0.25) is 0 Å². The first-order valence-electron chi connectivity index (χ1n) is 5.44. The molecule has 2 N–H and O–H groups in total.